The van der Waals surface area contributed by atoms with Gasteiger partial charge >= 0.3 is 0 Å². The summed E-state index contributed by atoms with van der Waals surface area (Å²) in [5.41, 5.74) is 4.20. The second-order valence-corrected chi connectivity index (χ2v) is 8.50. The number of halogens is 1. The smallest absolute Gasteiger partial charge is 0.247 e. The molecule has 1 aromatic heterocycles. The van der Waals surface area contributed by atoms with Crippen molar-refractivity contribution >= 4 is 51.8 Å². The van der Waals surface area contributed by atoms with E-state index in [0.717, 1.165) is 27.7 Å². The molecule has 0 radical (unpaired) electrons. The van der Waals surface area contributed by atoms with E-state index in [-0.39, 0.29) is 18.2 Å². The van der Waals surface area contributed by atoms with Crippen LogP contribution in [0.4, 0.5) is 5.69 Å². The van der Waals surface area contributed by atoms with Crippen LogP contribution in [0.1, 0.15) is 23.2 Å². The number of aromatic nitrogens is 2. The summed E-state index contributed by atoms with van der Waals surface area (Å²) in [6, 6.07) is 11.2. The van der Waals surface area contributed by atoms with Gasteiger partial charge in [0, 0.05) is 22.5 Å². The van der Waals surface area contributed by atoms with Crippen molar-refractivity contribution < 1.29 is 9.59 Å². The van der Waals surface area contributed by atoms with E-state index in [1.54, 1.807) is 18.2 Å². The minimum absolute atomic E-state index is 0.114. The summed E-state index contributed by atoms with van der Waals surface area (Å²) in [7, 11) is 0. The molecule has 7 heteroatoms. The molecule has 1 saturated heterocycles. The summed E-state index contributed by atoms with van der Waals surface area (Å²) in [5, 5.41) is 1.47. The Bertz CT molecular complexity index is 1130. The fourth-order valence-electron chi connectivity index (χ4n) is 3.24. The maximum absolute atomic E-state index is 12.9. The average molecular weight is 412 g/mol. The number of fused-ring (bicyclic) bond motifs is 1. The van der Waals surface area contributed by atoms with Gasteiger partial charge in [-0.2, -0.15) is 0 Å². The van der Waals surface area contributed by atoms with E-state index in [1.165, 1.54) is 16.7 Å². The summed E-state index contributed by atoms with van der Waals surface area (Å²) in [4.78, 5) is 35.7. The van der Waals surface area contributed by atoms with Crippen LogP contribution in [-0.4, -0.2) is 27.0 Å². The minimum atomic E-state index is -0.547. The molecule has 2 heterocycles. The second-order valence-electron chi connectivity index (χ2n) is 6.92. The summed E-state index contributed by atoms with van der Waals surface area (Å²) in [5.74, 6) is -0.503. The molecule has 1 fully saturated rings. The monoisotopic (exact) mass is 411 g/mol. The van der Waals surface area contributed by atoms with E-state index in [9.17, 15) is 9.59 Å². The molecule has 3 aromatic rings. The number of benzene rings is 2. The van der Waals surface area contributed by atoms with E-state index < -0.39 is 5.25 Å². The van der Waals surface area contributed by atoms with Crippen LogP contribution in [0.15, 0.2) is 41.6 Å². The van der Waals surface area contributed by atoms with Gasteiger partial charge in [-0.25, -0.2) is 14.9 Å². The van der Waals surface area contributed by atoms with E-state index in [4.69, 9.17) is 11.6 Å². The number of rotatable bonds is 3. The first kappa shape index (κ1) is 18.9. The maximum Gasteiger partial charge on any atom is 0.247 e. The highest BCUT2D eigenvalue weighted by atomic mass is 35.5. The molecule has 1 aliphatic rings. The molecule has 0 saturated carbocycles. The van der Waals surface area contributed by atoms with Crippen molar-refractivity contribution in [3.63, 3.8) is 0 Å². The first-order valence-corrected chi connectivity index (χ1v) is 10.1. The van der Waals surface area contributed by atoms with Crippen molar-refractivity contribution in [1.29, 1.82) is 0 Å². The number of thioether (sulfide) groups is 1. The highest BCUT2D eigenvalue weighted by molar-refractivity contribution is 8.00. The van der Waals surface area contributed by atoms with E-state index in [2.05, 4.69) is 9.97 Å². The number of aryl methyl sites for hydroxylation is 3. The van der Waals surface area contributed by atoms with Gasteiger partial charge in [-0.05, 0) is 50.1 Å². The first-order chi connectivity index (χ1) is 13.3. The lowest BCUT2D eigenvalue weighted by atomic mass is 10.1. The Morgan fingerprint density at radius 2 is 1.86 bits per heavy atom. The molecule has 0 aliphatic carbocycles. The zero-order valence-electron chi connectivity index (χ0n) is 15.7. The third-order valence-electron chi connectivity index (χ3n) is 4.79. The van der Waals surface area contributed by atoms with Gasteiger partial charge in [0.25, 0.3) is 0 Å². The van der Waals surface area contributed by atoms with E-state index >= 15 is 0 Å². The van der Waals surface area contributed by atoms with E-state index in [0.29, 0.717) is 15.9 Å². The Morgan fingerprint density at radius 3 is 2.61 bits per heavy atom. The lowest BCUT2D eigenvalue weighted by molar-refractivity contribution is -0.121. The van der Waals surface area contributed by atoms with Gasteiger partial charge in [-0.15, -0.1) is 0 Å². The standard InChI is InChI=1S/C21H18ClN3O2S/c1-11-4-7-15-13(3)23-21(24-17(15)8-11)28-18-10-19(26)25(20(18)27)14-6-5-12(2)16(22)9-14/h4-9,18H,10H2,1-3H3/t18-/m0/s1. The molecule has 1 atom stereocenters. The Morgan fingerprint density at radius 1 is 1.07 bits per heavy atom. The van der Waals surface area contributed by atoms with Crippen LogP contribution in [0, 0.1) is 20.8 Å². The Labute approximate surface area is 172 Å². The lowest BCUT2D eigenvalue weighted by Gasteiger charge is -2.15. The van der Waals surface area contributed by atoms with Crippen molar-refractivity contribution in [2.45, 2.75) is 37.6 Å². The molecule has 0 bridgehead atoms. The van der Waals surface area contributed by atoms with Crippen LogP contribution in [0.2, 0.25) is 5.02 Å². The quantitative estimate of drug-likeness (QED) is 0.464. The second kappa shape index (κ2) is 7.18. The summed E-state index contributed by atoms with van der Waals surface area (Å²) in [6.45, 7) is 5.80. The molecule has 28 heavy (non-hydrogen) atoms. The topological polar surface area (TPSA) is 63.2 Å². The lowest BCUT2D eigenvalue weighted by Crippen LogP contribution is -2.31. The van der Waals surface area contributed by atoms with Gasteiger partial charge in [-0.3, -0.25) is 9.59 Å². The highest BCUT2D eigenvalue weighted by Gasteiger charge is 2.40. The predicted octanol–water partition coefficient (Wildman–Crippen LogP) is 4.63. The van der Waals surface area contributed by atoms with Crippen molar-refractivity contribution in [3.8, 4) is 0 Å². The van der Waals surface area contributed by atoms with Crippen LogP contribution in [-0.2, 0) is 9.59 Å². The zero-order valence-corrected chi connectivity index (χ0v) is 17.3. The van der Waals surface area contributed by atoms with Gasteiger partial charge in [0.05, 0.1) is 11.2 Å². The third kappa shape index (κ3) is 3.38. The fourth-order valence-corrected chi connectivity index (χ4v) is 4.44. The average Bonchev–Trinajstić information content (AvgIpc) is 2.90. The van der Waals surface area contributed by atoms with Gasteiger partial charge in [-0.1, -0.05) is 41.6 Å². The number of hydrogen-bond donors (Lipinski definition) is 0. The number of carbonyl (C=O) groups is 2. The molecule has 0 N–H and O–H groups in total. The van der Waals surface area contributed by atoms with Crippen LogP contribution in [0.5, 0.6) is 0 Å². The summed E-state index contributed by atoms with van der Waals surface area (Å²) in [6.07, 6.45) is 0.114. The molecule has 0 spiro atoms. The SMILES string of the molecule is Cc1ccc2c(C)nc(S[C@H]3CC(=O)N(c4ccc(C)c(Cl)c4)C3=O)nc2c1. The number of imide groups is 1. The molecule has 5 nitrogen and oxygen atoms in total. The van der Waals surface area contributed by atoms with Crippen molar-refractivity contribution in [3.05, 3.63) is 58.2 Å². The number of anilines is 1. The van der Waals surface area contributed by atoms with E-state index in [1.807, 2.05) is 39.0 Å². The van der Waals surface area contributed by atoms with Crippen LogP contribution >= 0.6 is 23.4 Å². The van der Waals surface area contributed by atoms with Crippen LogP contribution in [0.25, 0.3) is 10.9 Å². The number of amides is 2. The normalized spacial score (nSPS) is 17.0. The zero-order chi connectivity index (χ0) is 20.0. The Kier molecular flexibility index (Phi) is 4.85. The van der Waals surface area contributed by atoms with Gasteiger partial charge < -0.3 is 0 Å². The molecule has 2 amide bonds. The van der Waals surface area contributed by atoms with Crippen molar-refractivity contribution in [1.82, 2.24) is 9.97 Å². The fraction of sp³-hybridized carbons (Fsp3) is 0.238. The summed E-state index contributed by atoms with van der Waals surface area (Å²) >= 11 is 7.40. The molecule has 142 valence electrons. The van der Waals surface area contributed by atoms with Gasteiger partial charge in [0.15, 0.2) is 5.16 Å². The Hall–Kier alpha value is -2.44. The number of hydrogen-bond acceptors (Lipinski definition) is 5. The van der Waals surface area contributed by atoms with Crippen molar-refractivity contribution in [2.24, 2.45) is 0 Å². The molecule has 0 unspecified atom stereocenters. The largest absolute Gasteiger partial charge is 0.274 e. The molecule has 1 aliphatic heterocycles. The molecular weight excluding hydrogens is 394 g/mol. The van der Waals surface area contributed by atoms with Crippen molar-refractivity contribution in [2.75, 3.05) is 4.90 Å². The van der Waals surface area contributed by atoms with Crippen LogP contribution < -0.4 is 4.90 Å². The van der Waals surface area contributed by atoms with Gasteiger partial charge in [0.2, 0.25) is 11.8 Å². The highest BCUT2D eigenvalue weighted by Crippen LogP contribution is 2.34. The predicted molar refractivity (Wildman–Crippen MR) is 112 cm³/mol. The molecular formula is C21H18ClN3O2S. The number of nitrogens with zero attached hydrogens (tertiary/aromatic N) is 3. The van der Waals surface area contributed by atoms with Crippen LogP contribution in [0.3, 0.4) is 0 Å². The minimum Gasteiger partial charge on any atom is -0.274 e. The summed E-state index contributed by atoms with van der Waals surface area (Å²) < 4.78 is 0. The third-order valence-corrected chi connectivity index (χ3v) is 6.24. The Balaban J connectivity index is 1.62. The number of carbonyl (C=O) groups excluding carboxylic acids is 2. The molecule has 2 aromatic carbocycles. The molecule has 4 rings (SSSR count). The first-order valence-electron chi connectivity index (χ1n) is 8.88. The van der Waals surface area contributed by atoms with Gasteiger partial charge in [0.1, 0.15) is 5.25 Å². The maximum atomic E-state index is 12.9.